The number of carbonyl (C=O) groups excluding carboxylic acids is 2. The van der Waals surface area contributed by atoms with Crippen molar-refractivity contribution in [2.45, 2.75) is 71.9 Å². The number of aromatic nitrogens is 5. The molecule has 5 rings (SSSR count). The average Bonchev–Trinajstić information content (AvgIpc) is 3.74. The molecule has 0 saturated heterocycles. The van der Waals surface area contributed by atoms with Gasteiger partial charge in [0, 0.05) is 50.0 Å². The van der Waals surface area contributed by atoms with E-state index in [4.69, 9.17) is 14.2 Å². The zero-order chi connectivity index (χ0) is 36.6. The molecule has 12 nitrogen and oxygen atoms in total. The van der Waals surface area contributed by atoms with Gasteiger partial charge in [-0.2, -0.15) is 18.2 Å². The molecule has 4 aromatic heterocycles. The van der Waals surface area contributed by atoms with E-state index in [2.05, 4.69) is 30.2 Å². The summed E-state index contributed by atoms with van der Waals surface area (Å²) in [6, 6.07) is 6.04. The van der Waals surface area contributed by atoms with E-state index in [0.29, 0.717) is 56.8 Å². The molecule has 1 aliphatic rings. The Balaban J connectivity index is 1.45. The Morgan fingerprint density at radius 1 is 1.02 bits per heavy atom. The maximum atomic E-state index is 14.1. The predicted octanol–water partition coefficient (Wildman–Crippen LogP) is 7.00. The van der Waals surface area contributed by atoms with Gasteiger partial charge < -0.3 is 24.1 Å². The number of aromatic amines is 1. The van der Waals surface area contributed by atoms with Crippen LogP contribution in [0.2, 0.25) is 0 Å². The lowest BCUT2D eigenvalue weighted by Gasteiger charge is -2.34. The van der Waals surface area contributed by atoms with Crippen molar-refractivity contribution in [1.82, 2.24) is 24.9 Å². The van der Waals surface area contributed by atoms with Crippen LogP contribution in [0.4, 0.5) is 24.8 Å². The summed E-state index contributed by atoms with van der Waals surface area (Å²) in [4.78, 5) is 47.4. The Morgan fingerprint density at radius 3 is 2.47 bits per heavy atom. The highest BCUT2D eigenvalue weighted by atomic mass is 19.4. The van der Waals surface area contributed by atoms with E-state index >= 15 is 0 Å². The summed E-state index contributed by atoms with van der Waals surface area (Å²) in [7, 11) is 1.92. The van der Waals surface area contributed by atoms with Gasteiger partial charge in [-0.3, -0.25) is 19.9 Å². The van der Waals surface area contributed by atoms with Crippen molar-refractivity contribution in [2.24, 2.45) is 5.41 Å². The molecule has 0 radical (unpaired) electrons. The van der Waals surface area contributed by atoms with Gasteiger partial charge in [-0.25, -0.2) is 9.97 Å². The van der Waals surface area contributed by atoms with Crippen LogP contribution in [0.15, 0.2) is 36.7 Å². The smallest absolute Gasteiger partial charge is 0.421 e. The summed E-state index contributed by atoms with van der Waals surface area (Å²) < 4.78 is 58.2. The van der Waals surface area contributed by atoms with Crippen LogP contribution >= 0.6 is 0 Å². The minimum atomic E-state index is -4.70. The summed E-state index contributed by atoms with van der Waals surface area (Å²) in [5, 5.41) is 2.74. The second kappa shape index (κ2) is 16.5. The third-order valence-electron chi connectivity index (χ3n) is 8.88. The molecule has 0 atom stereocenters. The molecule has 274 valence electrons. The fourth-order valence-electron chi connectivity index (χ4n) is 6.46. The van der Waals surface area contributed by atoms with Gasteiger partial charge in [-0.05, 0) is 70.2 Å². The first kappa shape index (κ1) is 37.5. The number of carbonyl (C=O) groups is 2. The minimum Gasteiger partial charge on any atom is -0.478 e. The summed E-state index contributed by atoms with van der Waals surface area (Å²) >= 11 is 0. The number of aryl methyl sites for hydroxylation is 1. The number of ether oxygens (including phenoxy) is 3. The highest BCUT2D eigenvalue weighted by Crippen LogP contribution is 2.42. The number of imidazole rings is 1. The van der Waals surface area contributed by atoms with Crippen LogP contribution in [0.5, 0.6) is 5.88 Å². The number of hydrogen-bond donors (Lipinski definition) is 2. The number of amides is 1. The van der Waals surface area contributed by atoms with Gasteiger partial charge in [0.25, 0.3) is 5.91 Å². The first-order valence-electron chi connectivity index (χ1n) is 17.3. The number of pyridine rings is 3. The largest absolute Gasteiger partial charge is 0.478 e. The number of nitrogens with zero attached hydrogens (tertiary/aromatic N) is 5. The van der Waals surface area contributed by atoms with Crippen molar-refractivity contribution in [3.8, 4) is 17.1 Å². The zero-order valence-electron chi connectivity index (χ0n) is 29.4. The molecule has 0 spiro atoms. The Hall–Kier alpha value is -4.79. The van der Waals surface area contributed by atoms with Crippen LogP contribution in [-0.4, -0.2) is 76.8 Å². The quantitative estimate of drug-likeness (QED) is 0.117. The van der Waals surface area contributed by atoms with Crippen LogP contribution in [0, 0.1) is 5.41 Å². The lowest BCUT2D eigenvalue weighted by atomic mass is 9.86. The number of hydrogen-bond acceptors (Lipinski definition) is 10. The molecular weight excluding hydrogens is 667 g/mol. The molecule has 0 aliphatic heterocycles. The van der Waals surface area contributed by atoms with E-state index in [0.717, 1.165) is 37.3 Å². The molecule has 0 aromatic carbocycles. The molecule has 2 N–H and O–H groups in total. The zero-order valence-corrected chi connectivity index (χ0v) is 29.4. The maximum Gasteiger partial charge on any atom is 0.421 e. The Labute approximate surface area is 294 Å². The van der Waals surface area contributed by atoms with E-state index in [1.165, 1.54) is 6.20 Å². The number of fused-ring (bicyclic) bond motifs is 1. The van der Waals surface area contributed by atoms with Crippen LogP contribution in [0.3, 0.4) is 0 Å². The van der Waals surface area contributed by atoms with Crippen molar-refractivity contribution in [2.75, 3.05) is 50.2 Å². The topological polar surface area (TPSA) is 144 Å². The molecule has 15 heteroatoms. The van der Waals surface area contributed by atoms with E-state index < -0.39 is 23.5 Å². The van der Waals surface area contributed by atoms with E-state index in [-0.39, 0.29) is 46.5 Å². The third kappa shape index (κ3) is 9.31. The van der Waals surface area contributed by atoms with Gasteiger partial charge in [0.1, 0.15) is 16.8 Å². The van der Waals surface area contributed by atoms with Gasteiger partial charge in [0.15, 0.2) is 5.65 Å². The first-order valence-corrected chi connectivity index (χ1v) is 17.3. The van der Waals surface area contributed by atoms with Gasteiger partial charge in [0.05, 0.1) is 31.2 Å². The second-order valence-corrected chi connectivity index (χ2v) is 12.7. The number of nitrogens with one attached hydrogen (secondary N) is 2. The molecule has 1 aliphatic carbocycles. The summed E-state index contributed by atoms with van der Waals surface area (Å²) in [6.07, 6.45) is 3.79. The van der Waals surface area contributed by atoms with Gasteiger partial charge in [-0.15, -0.1) is 0 Å². The molecular formula is C36H44F3N7O5. The molecule has 51 heavy (non-hydrogen) atoms. The fourth-order valence-corrected chi connectivity index (χ4v) is 6.46. The van der Waals surface area contributed by atoms with Crippen molar-refractivity contribution < 1.29 is 37.0 Å². The van der Waals surface area contributed by atoms with Crippen LogP contribution in [0.1, 0.15) is 80.9 Å². The van der Waals surface area contributed by atoms with Crippen molar-refractivity contribution in [1.29, 1.82) is 0 Å². The number of alkyl halides is 3. The summed E-state index contributed by atoms with van der Waals surface area (Å²) in [6.45, 7) is 7.48. The van der Waals surface area contributed by atoms with E-state index in [9.17, 15) is 22.8 Å². The summed E-state index contributed by atoms with van der Waals surface area (Å²) in [5.41, 5.74) is 1.60. The second-order valence-electron chi connectivity index (χ2n) is 12.7. The number of H-pyrrole nitrogens is 1. The first-order chi connectivity index (χ1) is 24.4. The fraction of sp³-hybridized carbons (Fsp3) is 0.500. The Kier molecular flexibility index (Phi) is 12.1. The predicted molar refractivity (Wildman–Crippen MR) is 186 cm³/mol. The number of esters is 1. The monoisotopic (exact) mass is 711 g/mol. The standard InChI is InChI=1S/C36H44F3N7O5/c1-5-49-22-35(15-8-9-16-35)21-46(4)28-18-27(24-17-25(36(37,38)39)33(41-20-24)51-7-3)42-31-30(28)43-34(44-31)45-32(48)26-14-13-23(19-40-26)11-10-12-29(47)50-6-2/h13-14,17-20H,5-12,15-16,21-22H2,1-4H3,(H2,42,43,44,45,48). The van der Waals surface area contributed by atoms with Crippen LogP contribution < -0.4 is 15.0 Å². The molecule has 0 bridgehead atoms. The maximum absolute atomic E-state index is 14.1. The Morgan fingerprint density at radius 2 is 1.80 bits per heavy atom. The average molecular weight is 712 g/mol. The summed E-state index contributed by atoms with van der Waals surface area (Å²) in [5.74, 6) is -1.18. The van der Waals surface area contributed by atoms with Crippen molar-refractivity contribution in [3.05, 3.63) is 53.5 Å². The van der Waals surface area contributed by atoms with Gasteiger partial charge >= 0.3 is 12.1 Å². The SMILES string of the molecule is CCOCC1(CN(C)c2cc(-c3cnc(OCC)c(C(F)(F)F)c3)nc3nc(NC(=O)c4ccc(CCCC(=O)OCC)cn4)[nH]c23)CCCC1. The minimum absolute atomic E-state index is 0.0244. The highest BCUT2D eigenvalue weighted by molar-refractivity contribution is 6.03. The lowest BCUT2D eigenvalue weighted by molar-refractivity contribution is -0.143. The normalized spacial score (nSPS) is 14.1. The molecule has 4 heterocycles. The molecule has 1 saturated carbocycles. The Bertz CT molecular complexity index is 1810. The van der Waals surface area contributed by atoms with Crippen LogP contribution in [-0.2, 0) is 26.9 Å². The molecule has 1 fully saturated rings. The molecule has 4 aromatic rings. The van der Waals surface area contributed by atoms with Gasteiger partial charge in [-0.1, -0.05) is 18.9 Å². The highest BCUT2D eigenvalue weighted by Gasteiger charge is 2.37. The van der Waals surface area contributed by atoms with Crippen molar-refractivity contribution in [3.63, 3.8) is 0 Å². The van der Waals surface area contributed by atoms with E-state index in [1.807, 2.05) is 18.9 Å². The van der Waals surface area contributed by atoms with Crippen LogP contribution in [0.25, 0.3) is 22.4 Å². The third-order valence-corrected chi connectivity index (χ3v) is 8.88. The van der Waals surface area contributed by atoms with Gasteiger partial charge in [0.2, 0.25) is 11.8 Å². The number of halogens is 3. The van der Waals surface area contributed by atoms with Crippen molar-refractivity contribution >= 4 is 34.7 Å². The van der Waals surface area contributed by atoms with E-state index in [1.54, 1.807) is 38.2 Å². The lowest BCUT2D eigenvalue weighted by Crippen LogP contribution is -2.37. The number of anilines is 2. The molecule has 0 unspecified atom stereocenters. The number of rotatable bonds is 16. The molecule has 1 amide bonds.